The zero-order valence-electron chi connectivity index (χ0n) is 20.1. The Labute approximate surface area is 222 Å². The maximum Gasteiger partial charge on any atom is 0.296 e. The number of pyridine rings is 1. The van der Waals surface area contributed by atoms with Crippen molar-refractivity contribution < 1.29 is 19.3 Å². The smallest absolute Gasteiger partial charge is 0.296 e. The molecular weight excluding hydrogens is 510 g/mol. The van der Waals surface area contributed by atoms with E-state index in [-0.39, 0.29) is 30.9 Å². The quantitative estimate of drug-likeness (QED) is 0.305. The summed E-state index contributed by atoms with van der Waals surface area (Å²) in [5.41, 5.74) is 10.6. The molecule has 2 aliphatic heterocycles. The topological polar surface area (TPSA) is 146 Å². The number of hydrogen-bond donors (Lipinski definition) is 3. The Morgan fingerprint density at radius 1 is 1.18 bits per heavy atom. The van der Waals surface area contributed by atoms with E-state index in [9.17, 15) is 5.11 Å². The van der Waals surface area contributed by atoms with Gasteiger partial charge in [0.2, 0.25) is 0 Å². The summed E-state index contributed by atoms with van der Waals surface area (Å²) in [6.07, 6.45) is 6.65. The van der Waals surface area contributed by atoms with E-state index in [4.69, 9.17) is 31.5 Å². The molecule has 0 saturated carbocycles. The Bertz CT molecular complexity index is 1530. The number of nitrogens with two attached hydrogens (primary N) is 1. The van der Waals surface area contributed by atoms with Crippen molar-refractivity contribution in [1.82, 2.24) is 29.9 Å². The van der Waals surface area contributed by atoms with E-state index in [0.717, 1.165) is 16.7 Å². The largest absolute Gasteiger partial charge is 0.456 e. The minimum absolute atomic E-state index is 0.229. The van der Waals surface area contributed by atoms with E-state index in [1.165, 1.54) is 6.20 Å². The zero-order chi connectivity index (χ0) is 26.2. The molecule has 194 valence electrons. The summed E-state index contributed by atoms with van der Waals surface area (Å²) < 4.78 is 18.8. The Morgan fingerprint density at radius 2 is 2.00 bits per heavy atom. The van der Waals surface area contributed by atoms with Crippen LogP contribution in [0.15, 0.2) is 67.7 Å². The molecule has 3 aromatic heterocycles. The summed E-state index contributed by atoms with van der Waals surface area (Å²) in [6, 6.07) is 9.79. The van der Waals surface area contributed by atoms with Crippen LogP contribution in [0.2, 0.25) is 5.02 Å². The fourth-order valence-electron chi connectivity index (χ4n) is 4.52. The van der Waals surface area contributed by atoms with E-state index in [1.54, 1.807) is 23.1 Å². The number of aromatic amines is 1. The molecule has 0 spiro atoms. The van der Waals surface area contributed by atoms with Gasteiger partial charge in [0.1, 0.15) is 18.3 Å². The highest BCUT2D eigenvalue weighted by Gasteiger charge is 2.48. The number of rotatable bonds is 7. The van der Waals surface area contributed by atoms with Gasteiger partial charge in [-0.25, -0.2) is 9.67 Å². The van der Waals surface area contributed by atoms with Crippen LogP contribution in [0.3, 0.4) is 0 Å². The standard InChI is InChI=1S/C26H24ClN7O4/c1-14(2-7-17(11-28)34-9-8-29-33-34)15-3-5-16(6-4-15)22-18(27)10-19-25(31-22)32-26(30-19)38-21-13-37-23-20(35)12-36-24(21)23/h2-11,20-21,23-24,35H,1,12-13,28H2,(H,30,31,32)/b7-2-,17-11+/t20-,21-,23-,24-/m1/s1. The molecule has 0 bridgehead atoms. The number of nitrogens with one attached hydrogen (secondary N) is 1. The van der Waals surface area contributed by atoms with Gasteiger partial charge in [-0.15, -0.1) is 5.10 Å². The number of aromatic nitrogens is 6. The fourth-order valence-corrected chi connectivity index (χ4v) is 4.78. The number of aliphatic hydroxyl groups is 1. The van der Waals surface area contributed by atoms with Gasteiger partial charge in [-0.1, -0.05) is 53.7 Å². The Balaban J connectivity index is 1.18. The van der Waals surface area contributed by atoms with Crippen molar-refractivity contribution in [2.75, 3.05) is 13.2 Å². The Kier molecular flexibility index (Phi) is 6.42. The number of ether oxygens (including phenoxy) is 3. The van der Waals surface area contributed by atoms with Crippen molar-refractivity contribution in [3.8, 4) is 17.3 Å². The lowest BCUT2D eigenvalue weighted by Crippen LogP contribution is -2.34. The summed E-state index contributed by atoms with van der Waals surface area (Å²) >= 11 is 6.58. The average Bonchev–Trinajstić information content (AvgIpc) is 3.72. The van der Waals surface area contributed by atoms with E-state index in [1.807, 2.05) is 36.4 Å². The molecule has 5 heterocycles. The van der Waals surface area contributed by atoms with Crippen molar-refractivity contribution in [2.45, 2.75) is 24.4 Å². The maximum atomic E-state index is 9.94. The second kappa shape index (κ2) is 10.0. The SMILES string of the molecule is C=C(/C=C\C(=C/N)n1ccnn1)c1ccc(-c2nc3nc(O[C@@H]4CO[C@H]5[C@@H]4OC[C@H]5O)[nH]c3cc2Cl)cc1. The van der Waals surface area contributed by atoms with Gasteiger partial charge in [0, 0.05) is 11.8 Å². The summed E-state index contributed by atoms with van der Waals surface area (Å²) in [4.78, 5) is 12.2. The molecule has 4 aromatic rings. The first-order chi connectivity index (χ1) is 18.5. The van der Waals surface area contributed by atoms with E-state index in [2.05, 4.69) is 31.8 Å². The average molecular weight is 534 g/mol. The first-order valence-electron chi connectivity index (χ1n) is 11.9. The highest BCUT2D eigenvalue weighted by molar-refractivity contribution is 6.33. The van der Waals surface area contributed by atoms with Crippen LogP contribution in [-0.2, 0) is 9.47 Å². The van der Waals surface area contributed by atoms with Gasteiger partial charge in [0.25, 0.3) is 6.01 Å². The predicted molar refractivity (Wildman–Crippen MR) is 141 cm³/mol. The van der Waals surface area contributed by atoms with Crippen LogP contribution < -0.4 is 10.5 Å². The molecule has 0 unspecified atom stereocenters. The van der Waals surface area contributed by atoms with Gasteiger partial charge in [0.05, 0.1) is 47.5 Å². The van der Waals surface area contributed by atoms with Crippen molar-refractivity contribution in [2.24, 2.45) is 5.73 Å². The third kappa shape index (κ3) is 4.56. The van der Waals surface area contributed by atoms with Crippen molar-refractivity contribution in [3.05, 3.63) is 78.2 Å². The number of halogens is 1. The summed E-state index contributed by atoms with van der Waals surface area (Å²) in [7, 11) is 0. The molecule has 0 aliphatic carbocycles. The molecule has 6 rings (SSSR count). The minimum Gasteiger partial charge on any atom is -0.456 e. The van der Waals surface area contributed by atoms with Crippen LogP contribution in [0.25, 0.3) is 33.7 Å². The van der Waals surface area contributed by atoms with Crippen LogP contribution in [0, 0.1) is 0 Å². The highest BCUT2D eigenvalue weighted by atomic mass is 35.5. The van der Waals surface area contributed by atoms with Crippen LogP contribution >= 0.6 is 11.6 Å². The lowest BCUT2D eigenvalue weighted by molar-refractivity contribution is 0.00706. The molecule has 0 radical (unpaired) electrons. The van der Waals surface area contributed by atoms with Crippen LogP contribution in [0.4, 0.5) is 0 Å². The monoisotopic (exact) mass is 533 g/mol. The Hall–Kier alpha value is -4.03. The second-order valence-corrected chi connectivity index (χ2v) is 9.33. The van der Waals surface area contributed by atoms with Crippen LogP contribution in [-0.4, -0.2) is 72.7 Å². The van der Waals surface area contributed by atoms with Crippen molar-refractivity contribution in [1.29, 1.82) is 0 Å². The first-order valence-corrected chi connectivity index (χ1v) is 12.3. The van der Waals surface area contributed by atoms with Crippen LogP contribution in [0.5, 0.6) is 6.01 Å². The van der Waals surface area contributed by atoms with Crippen molar-refractivity contribution >= 4 is 34.0 Å². The maximum absolute atomic E-state index is 9.94. The molecule has 4 N–H and O–H groups in total. The van der Waals surface area contributed by atoms with Gasteiger partial charge in [-0.05, 0) is 23.3 Å². The third-order valence-corrected chi connectivity index (χ3v) is 6.78. The van der Waals surface area contributed by atoms with E-state index in [0.29, 0.717) is 34.2 Å². The first kappa shape index (κ1) is 24.3. The number of imidazole rings is 1. The molecule has 1 aromatic carbocycles. The summed E-state index contributed by atoms with van der Waals surface area (Å²) in [5, 5.41) is 18.1. The van der Waals surface area contributed by atoms with Gasteiger partial charge >= 0.3 is 0 Å². The molecule has 2 aliphatic rings. The summed E-state index contributed by atoms with van der Waals surface area (Å²) in [6.45, 7) is 4.68. The van der Waals surface area contributed by atoms with Gasteiger partial charge in [0.15, 0.2) is 11.8 Å². The predicted octanol–water partition coefficient (Wildman–Crippen LogP) is 2.80. The third-order valence-electron chi connectivity index (χ3n) is 6.49. The van der Waals surface area contributed by atoms with Crippen LogP contribution in [0.1, 0.15) is 5.56 Å². The minimum atomic E-state index is -0.647. The number of fused-ring (bicyclic) bond motifs is 2. The molecule has 0 amide bonds. The number of aliphatic hydroxyl groups excluding tert-OH is 1. The fraction of sp³-hybridized carbons (Fsp3) is 0.231. The normalized spacial score (nSPS) is 23.4. The molecule has 12 heteroatoms. The van der Waals surface area contributed by atoms with Gasteiger partial charge in [-0.3, -0.25) is 0 Å². The summed E-state index contributed by atoms with van der Waals surface area (Å²) in [5.74, 6) is 0. The second-order valence-electron chi connectivity index (χ2n) is 8.93. The number of nitrogens with zero attached hydrogens (tertiary/aromatic N) is 5. The van der Waals surface area contributed by atoms with Gasteiger partial charge in [-0.2, -0.15) is 4.98 Å². The molecule has 4 atom stereocenters. The lowest BCUT2D eigenvalue weighted by Gasteiger charge is -2.15. The van der Waals surface area contributed by atoms with E-state index >= 15 is 0 Å². The highest BCUT2D eigenvalue weighted by Crippen LogP contribution is 2.32. The Morgan fingerprint density at radius 3 is 2.76 bits per heavy atom. The molecule has 11 nitrogen and oxygen atoms in total. The molecule has 2 fully saturated rings. The van der Waals surface area contributed by atoms with Gasteiger partial charge < -0.3 is 30.0 Å². The molecule has 38 heavy (non-hydrogen) atoms. The molecular formula is C26H24ClN7O4. The number of H-pyrrole nitrogens is 1. The van der Waals surface area contributed by atoms with Crippen molar-refractivity contribution in [3.63, 3.8) is 0 Å². The molecule has 2 saturated heterocycles. The van der Waals surface area contributed by atoms with E-state index < -0.39 is 6.10 Å². The number of hydrogen-bond acceptors (Lipinski definition) is 9. The number of allylic oxidation sites excluding steroid dienone is 4. The lowest BCUT2D eigenvalue weighted by atomic mass is 10.0. The zero-order valence-corrected chi connectivity index (χ0v) is 20.8. The number of benzene rings is 1.